The van der Waals surface area contributed by atoms with Crippen molar-refractivity contribution in [2.24, 2.45) is 5.92 Å². The van der Waals surface area contributed by atoms with E-state index in [2.05, 4.69) is 39.6 Å². The van der Waals surface area contributed by atoms with Crippen LogP contribution in [0.1, 0.15) is 27.7 Å². The maximum absolute atomic E-state index is 4.03. The highest BCUT2D eigenvalue weighted by atomic mass is 14.8. The van der Waals surface area contributed by atoms with Crippen LogP contribution in [-0.2, 0) is 0 Å². The molecule has 0 spiro atoms. The first-order valence-corrected chi connectivity index (χ1v) is 4.05. The normalized spacial score (nSPS) is 9.64. The monoisotopic (exact) mass is 153 g/mol. The van der Waals surface area contributed by atoms with Crippen LogP contribution in [0.4, 0.5) is 0 Å². The van der Waals surface area contributed by atoms with Gasteiger partial charge in [0.2, 0.25) is 0 Å². The van der Waals surface area contributed by atoms with Crippen molar-refractivity contribution < 1.29 is 0 Å². The van der Waals surface area contributed by atoms with Gasteiger partial charge in [-0.3, -0.25) is 0 Å². The Morgan fingerprint density at radius 3 is 1.82 bits per heavy atom. The first-order chi connectivity index (χ1) is 5.00. The van der Waals surface area contributed by atoms with E-state index >= 15 is 0 Å². The molecule has 0 saturated heterocycles. The molecular formula is C10H19N. The third kappa shape index (κ3) is 2.79. The molecule has 0 rings (SSSR count). The summed E-state index contributed by atoms with van der Waals surface area (Å²) in [5.41, 5.74) is 3.68. The molecule has 0 aliphatic carbocycles. The fourth-order valence-corrected chi connectivity index (χ4v) is 1.02. The molecular weight excluding hydrogens is 134 g/mol. The Labute approximate surface area is 70.2 Å². The Morgan fingerprint density at radius 1 is 1.27 bits per heavy atom. The maximum atomic E-state index is 4.03. The minimum Gasteiger partial charge on any atom is -0.388 e. The molecule has 64 valence electrons. The van der Waals surface area contributed by atoms with Crippen LogP contribution in [0, 0.1) is 5.92 Å². The quantitative estimate of drug-likeness (QED) is 0.615. The predicted octanol–water partition coefficient (Wildman–Crippen LogP) is 2.71. The molecule has 0 bridgehead atoms. The fraction of sp³-hybridized carbons (Fsp3) is 0.600. The minimum absolute atomic E-state index is 0.521. The van der Waals surface area contributed by atoms with E-state index < -0.39 is 0 Å². The highest BCUT2D eigenvalue weighted by molar-refractivity contribution is 5.31. The van der Waals surface area contributed by atoms with Crippen LogP contribution in [0.25, 0.3) is 0 Å². The average molecular weight is 153 g/mol. The van der Waals surface area contributed by atoms with Crippen LogP contribution in [0.3, 0.4) is 0 Å². The van der Waals surface area contributed by atoms with Gasteiger partial charge in [0.25, 0.3) is 0 Å². The molecule has 0 atom stereocenters. The molecule has 1 heteroatoms. The number of rotatable bonds is 3. The van der Waals surface area contributed by atoms with Crippen molar-refractivity contribution in [3.63, 3.8) is 0 Å². The van der Waals surface area contributed by atoms with Crippen LogP contribution in [0.2, 0.25) is 0 Å². The van der Waals surface area contributed by atoms with E-state index in [0.717, 1.165) is 0 Å². The van der Waals surface area contributed by atoms with E-state index in [-0.39, 0.29) is 0 Å². The van der Waals surface area contributed by atoms with Crippen LogP contribution >= 0.6 is 0 Å². The average Bonchev–Trinajstić information content (AvgIpc) is 1.88. The van der Waals surface area contributed by atoms with Gasteiger partial charge in [0.15, 0.2) is 0 Å². The molecule has 0 saturated carbocycles. The summed E-state index contributed by atoms with van der Waals surface area (Å²) in [5, 5.41) is 3.16. The van der Waals surface area contributed by atoms with Crippen LogP contribution in [0.15, 0.2) is 23.4 Å². The van der Waals surface area contributed by atoms with Gasteiger partial charge in [-0.05, 0) is 25.3 Å². The SMILES string of the molecule is C=C(C(NC)=C(C)C)C(C)C. The zero-order valence-corrected chi connectivity index (χ0v) is 8.28. The highest BCUT2D eigenvalue weighted by Gasteiger charge is 2.05. The molecule has 0 aromatic rings. The third-order valence-electron chi connectivity index (χ3n) is 1.77. The van der Waals surface area contributed by atoms with E-state index in [1.165, 1.54) is 16.8 Å². The zero-order valence-electron chi connectivity index (χ0n) is 8.28. The molecule has 1 N–H and O–H groups in total. The van der Waals surface area contributed by atoms with Crippen molar-refractivity contribution in [2.75, 3.05) is 7.05 Å². The molecule has 0 heterocycles. The van der Waals surface area contributed by atoms with Gasteiger partial charge in [-0.1, -0.05) is 26.0 Å². The summed E-state index contributed by atoms with van der Waals surface area (Å²) >= 11 is 0. The van der Waals surface area contributed by atoms with Gasteiger partial charge in [0.1, 0.15) is 0 Å². The van der Waals surface area contributed by atoms with Crippen molar-refractivity contribution >= 4 is 0 Å². The largest absolute Gasteiger partial charge is 0.388 e. The standard InChI is InChI=1S/C10H19N/c1-7(2)9(5)10(11-6)8(3)4/h7,11H,5H2,1-4,6H3. The molecule has 11 heavy (non-hydrogen) atoms. The van der Waals surface area contributed by atoms with E-state index in [1.54, 1.807) is 0 Å². The maximum Gasteiger partial charge on any atom is 0.0353 e. The minimum atomic E-state index is 0.521. The number of hydrogen-bond donors (Lipinski definition) is 1. The van der Waals surface area contributed by atoms with Gasteiger partial charge in [0, 0.05) is 12.7 Å². The number of nitrogens with one attached hydrogen (secondary N) is 1. The summed E-state index contributed by atoms with van der Waals surface area (Å²) in [6, 6.07) is 0. The van der Waals surface area contributed by atoms with Gasteiger partial charge < -0.3 is 5.32 Å². The first kappa shape index (κ1) is 10.3. The fourth-order valence-electron chi connectivity index (χ4n) is 1.02. The molecule has 0 aromatic carbocycles. The van der Waals surface area contributed by atoms with Gasteiger partial charge in [-0.15, -0.1) is 0 Å². The summed E-state index contributed by atoms with van der Waals surface area (Å²) in [5.74, 6) is 0.521. The summed E-state index contributed by atoms with van der Waals surface area (Å²) in [6.45, 7) is 12.5. The molecule has 0 aliphatic heterocycles. The van der Waals surface area contributed by atoms with E-state index in [0.29, 0.717) is 5.92 Å². The second kappa shape index (κ2) is 4.22. The Hall–Kier alpha value is -0.720. The van der Waals surface area contributed by atoms with Crippen LogP contribution < -0.4 is 5.32 Å². The van der Waals surface area contributed by atoms with E-state index in [4.69, 9.17) is 0 Å². The van der Waals surface area contributed by atoms with Crippen molar-refractivity contribution in [2.45, 2.75) is 27.7 Å². The highest BCUT2D eigenvalue weighted by Crippen LogP contribution is 2.17. The molecule has 0 amide bonds. The van der Waals surface area contributed by atoms with Gasteiger partial charge in [0.05, 0.1) is 0 Å². The second-order valence-electron chi connectivity index (χ2n) is 3.30. The first-order valence-electron chi connectivity index (χ1n) is 4.05. The molecule has 0 fully saturated rings. The van der Waals surface area contributed by atoms with Crippen LogP contribution in [0.5, 0.6) is 0 Å². The zero-order chi connectivity index (χ0) is 9.02. The van der Waals surface area contributed by atoms with Crippen molar-refractivity contribution in [1.29, 1.82) is 0 Å². The Bertz CT molecular complexity index is 171. The van der Waals surface area contributed by atoms with Gasteiger partial charge >= 0.3 is 0 Å². The third-order valence-corrected chi connectivity index (χ3v) is 1.77. The van der Waals surface area contributed by atoms with E-state index in [1.807, 2.05) is 7.05 Å². The summed E-state index contributed by atoms with van der Waals surface area (Å²) in [4.78, 5) is 0. The lowest BCUT2D eigenvalue weighted by Crippen LogP contribution is -2.12. The smallest absolute Gasteiger partial charge is 0.0353 e. The molecule has 0 unspecified atom stereocenters. The lowest BCUT2D eigenvalue weighted by molar-refractivity contribution is 0.752. The van der Waals surface area contributed by atoms with Crippen LogP contribution in [-0.4, -0.2) is 7.05 Å². The Kier molecular flexibility index (Phi) is 3.94. The number of hydrogen-bond acceptors (Lipinski definition) is 1. The second-order valence-corrected chi connectivity index (χ2v) is 3.30. The lowest BCUT2D eigenvalue weighted by atomic mass is 9.99. The summed E-state index contributed by atoms with van der Waals surface area (Å²) in [7, 11) is 1.94. The topological polar surface area (TPSA) is 12.0 Å². The predicted molar refractivity (Wildman–Crippen MR) is 51.4 cm³/mol. The Balaban J connectivity index is 4.55. The molecule has 0 aliphatic rings. The number of likely N-dealkylation sites (N-methyl/N-ethyl adjacent to an activating group) is 1. The van der Waals surface area contributed by atoms with Crippen molar-refractivity contribution in [3.8, 4) is 0 Å². The van der Waals surface area contributed by atoms with Crippen molar-refractivity contribution in [3.05, 3.63) is 23.4 Å². The van der Waals surface area contributed by atoms with Crippen molar-refractivity contribution in [1.82, 2.24) is 5.32 Å². The molecule has 0 radical (unpaired) electrons. The van der Waals surface area contributed by atoms with E-state index in [9.17, 15) is 0 Å². The summed E-state index contributed by atoms with van der Waals surface area (Å²) in [6.07, 6.45) is 0. The molecule has 1 nitrogen and oxygen atoms in total. The lowest BCUT2D eigenvalue weighted by Gasteiger charge is -2.15. The Morgan fingerprint density at radius 2 is 1.73 bits per heavy atom. The van der Waals surface area contributed by atoms with Gasteiger partial charge in [-0.25, -0.2) is 0 Å². The number of allylic oxidation sites excluding steroid dienone is 2. The van der Waals surface area contributed by atoms with Gasteiger partial charge in [-0.2, -0.15) is 0 Å². The molecule has 0 aromatic heterocycles. The summed E-state index contributed by atoms with van der Waals surface area (Å²) < 4.78 is 0.